The lowest BCUT2D eigenvalue weighted by atomic mass is 9.87. The zero-order chi connectivity index (χ0) is 13.8. The Morgan fingerprint density at radius 2 is 2.15 bits per heavy atom. The van der Waals surface area contributed by atoms with Gasteiger partial charge in [0.15, 0.2) is 0 Å². The molecule has 0 saturated carbocycles. The van der Waals surface area contributed by atoms with E-state index in [9.17, 15) is 4.79 Å². The van der Waals surface area contributed by atoms with E-state index in [4.69, 9.17) is 4.74 Å². The molecule has 3 heteroatoms. The molecule has 1 unspecified atom stereocenters. The Morgan fingerprint density at radius 3 is 3.00 bits per heavy atom. The molecule has 1 aliphatic rings. The first-order valence-electron chi connectivity index (χ1n) is 7.11. The molecule has 1 aromatic carbocycles. The molecule has 0 N–H and O–H groups in total. The summed E-state index contributed by atoms with van der Waals surface area (Å²) in [7, 11) is 0. The number of aryl methyl sites for hydroxylation is 1. The van der Waals surface area contributed by atoms with Crippen molar-refractivity contribution in [2.75, 3.05) is 6.61 Å². The van der Waals surface area contributed by atoms with Crippen molar-refractivity contribution in [1.82, 2.24) is 0 Å². The Bertz CT molecular complexity index is 574. The van der Waals surface area contributed by atoms with Gasteiger partial charge in [-0.3, -0.25) is 4.79 Å². The van der Waals surface area contributed by atoms with Crippen molar-refractivity contribution in [2.45, 2.75) is 31.6 Å². The van der Waals surface area contributed by atoms with E-state index in [1.165, 1.54) is 4.88 Å². The largest absolute Gasteiger partial charge is 0.493 e. The minimum absolute atomic E-state index is 0.0308. The summed E-state index contributed by atoms with van der Waals surface area (Å²) in [6, 6.07) is 12.1. The van der Waals surface area contributed by atoms with Crippen LogP contribution >= 0.6 is 11.3 Å². The summed E-state index contributed by atoms with van der Waals surface area (Å²) in [6.07, 6.45) is 3.43. The van der Waals surface area contributed by atoms with Gasteiger partial charge in [0.05, 0.1) is 6.61 Å². The molecule has 0 saturated heterocycles. The summed E-state index contributed by atoms with van der Waals surface area (Å²) in [5.74, 6) is 1.27. The van der Waals surface area contributed by atoms with E-state index in [2.05, 4.69) is 17.5 Å². The van der Waals surface area contributed by atoms with Crippen LogP contribution in [0.2, 0.25) is 0 Å². The van der Waals surface area contributed by atoms with Crippen molar-refractivity contribution in [3.8, 4) is 5.75 Å². The number of thiophene rings is 1. The lowest BCUT2D eigenvalue weighted by molar-refractivity contribution is -0.121. The second-order valence-corrected chi connectivity index (χ2v) is 6.16. The summed E-state index contributed by atoms with van der Waals surface area (Å²) in [4.78, 5) is 13.8. The van der Waals surface area contributed by atoms with E-state index in [1.807, 2.05) is 24.3 Å². The van der Waals surface area contributed by atoms with Crippen LogP contribution in [0.5, 0.6) is 5.75 Å². The number of ketones is 1. The normalized spacial score (nSPS) is 17.3. The molecular weight excluding hydrogens is 268 g/mol. The summed E-state index contributed by atoms with van der Waals surface area (Å²) in [5, 5.41) is 2.09. The molecule has 2 nitrogen and oxygen atoms in total. The first-order chi connectivity index (χ1) is 9.84. The number of rotatable bonds is 5. The Kier molecular flexibility index (Phi) is 4.16. The first kappa shape index (κ1) is 13.4. The number of carbonyl (C=O) groups is 1. The molecule has 3 rings (SSSR count). The highest BCUT2D eigenvalue weighted by Crippen LogP contribution is 2.34. The number of fused-ring (bicyclic) bond motifs is 1. The number of hydrogen-bond donors (Lipinski definition) is 0. The van der Waals surface area contributed by atoms with Gasteiger partial charge in [0.1, 0.15) is 11.5 Å². The van der Waals surface area contributed by atoms with Crippen LogP contribution < -0.4 is 4.74 Å². The van der Waals surface area contributed by atoms with Crippen molar-refractivity contribution in [1.29, 1.82) is 0 Å². The van der Waals surface area contributed by atoms with Crippen LogP contribution in [0.4, 0.5) is 0 Å². The zero-order valence-electron chi connectivity index (χ0n) is 11.4. The van der Waals surface area contributed by atoms with Crippen LogP contribution in [0.25, 0.3) is 0 Å². The van der Waals surface area contributed by atoms with E-state index < -0.39 is 0 Å². The second kappa shape index (κ2) is 6.23. The minimum Gasteiger partial charge on any atom is -0.493 e. The lowest BCUT2D eigenvalue weighted by Crippen LogP contribution is -2.21. The molecule has 2 aromatic rings. The third-order valence-electron chi connectivity index (χ3n) is 3.77. The number of para-hydroxylation sites is 1. The van der Waals surface area contributed by atoms with Gasteiger partial charge in [0, 0.05) is 22.8 Å². The smallest absolute Gasteiger partial charge is 0.140 e. The molecule has 1 aromatic heterocycles. The van der Waals surface area contributed by atoms with Gasteiger partial charge in [-0.05, 0) is 36.8 Å². The monoisotopic (exact) mass is 286 g/mol. The van der Waals surface area contributed by atoms with Gasteiger partial charge >= 0.3 is 0 Å². The highest BCUT2D eigenvalue weighted by molar-refractivity contribution is 7.09. The second-order valence-electron chi connectivity index (χ2n) is 5.13. The summed E-state index contributed by atoms with van der Waals surface area (Å²) in [5.41, 5.74) is 1.07. The van der Waals surface area contributed by atoms with E-state index in [0.717, 1.165) is 30.6 Å². The lowest BCUT2D eigenvalue weighted by Gasteiger charge is -2.24. The van der Waals surface area contributed by atoms with E-state index in [0.29, 0.717) is 18.8 Å². The van der Waals surface area contributed by atoms with Crippen LogP contribution in [0.15, 0.2) is 41.8 Å². The van der Waals surface area contributed by atoms with Crippen LogP contribution in [-0.4, -0.2) is 12.4 Å². The molecule has 0 amide bonds. The predicted molar refractivity (Wildman–Crippen MR) is 81.6 cm³/mol. The number of Topliss-reactive ketones (excluding diaryl/α,β-unsaturated/α-hetero) is 1. The van der Waals surface area contributed by atoms with Gasteiger partial charge in [-0.1, -0.05) is 24.3 Å². The van der Waals surface area contributed by atoms with Crippen LogP contribution in [-0.2, 0) is 11.2 Å². The van der Waals surface area contributed by atoms with Crippen molar-refractivity contribution < 1.29 is 9.53 Å². The average molecular weight is 286 g/mol. The third-order valence-corrected chi connectivity index (χ3v) is 4.71. The van der Waals surface area contributed by atoms with Gasteiger partial charge in [-0.25, -0.2) is 0 Å². The van der Waals surface area contributed by atoms with Gasteiger partial charge in [-0.2, -0.15) is 0 Å². The molecule has 0 fully saturated rings. The minimum atomic E-state index is 0.0308. The van der Waals surface area contributed by atoms with Gasteiger partial charge in [-0.15, -0.1) is 11.3 Å². The molecule has 2 heterocycles. The molecule has 1 atom stereocenters. The fraction of sp³-hybridized carbons (Fsp3) is 0.353. The molecule has 0 radical (unpaired) electrons. The molecule has 20 heavy (non-hydrogen) atoms. The van der Waals surface area contributed by atoms with Gasteiger partial charge in [0.25, 0.3) is 0 Å². The van der Waals surface area contributed by atoms with E-state index in [-0.39, 0.29) is 5.92 Å². The SMILES string of the molecule is O=C(CCCc1cccs1)C1CCOc2ccccc21. The third kappa shape index (κ3) is 2.93. The number of carbonyl (C=O) groups excluding carboxylic acids is 1. The number of ether oxygens (including phenoxy) is 1. The molecule has 0 aliphatic carbocycles. The molecule has 104 valence electrons. The summed E-state index contributed by atoms with van der Waals surface area (Å²) >= 11 is 1.77. The number of hydrogen-bond acceptors (Lipinski definition) is 3. The molecule has 1 aliphatic heterocycles. The van der Waals surface area contributed by atoms with Crippen LogP contribution in [0, 0.1) is 0 Å². The Labute approximate surface area is 123 Å². The summed E-state index contributed by atoms with van der Waals surface area (Å²) < 4.78 is 5.62. The maximum absolute atomic E-state index is 12.4. The fourth-order valence-electron chi connectivity index (χ4n) is 2.74. The highest BCUT2D eigenvalue weighted by atomic mass is 32.1. The van der Waals surface area contributed by atoms with E-state index >= 15 is 0 Å². The van der Waals surface area contributed by atoms with Crippen molar-refractivity contribution in [2.24, 2.45) is 0 Å². The van der Waals surface area contributed by atoms with Crippen molar-refractivity contribution >= 4 is 17.1 Å². The van der Waals surface area contributed by atoms with Gasteiger partial charge < -0.3 is 4.74 Å². The molecular formula is C17H18O2S. The van der Waals surface area contributed by atoms with Crippen LogP contribution in [0.1, 0.15) is 35.6 Å². The van der Waals surface area contributed by atoms with Crippen molar-refractivity contribution in [3.63, 3.8) is 0 Å². The average Bonchev–Trinajstić information content (AvgIpc) is 3.00. The number of benzene rings is 1. The summed E-state index contributed by atoms with van der Waals surface area (Å²) in [6.45, 7) is 0.651. The Hall–Kier alpha value is -1.61. The van der Waals surface area contributed by atoms with Crippen molar-refractivity contribution in [3.05, 3.63) is 52.2 Å². The van der Waals surface area contributed by atoms with Crippen LogP contribution in [0.3, 0.4) is 0 Å². The molecule has 0 spiro atoms. The topological polar surface area (TPSA) is 26.3 Å². The molecule has 0 bridgehead atoms. The highest BCUT2D eigenvalue weighted by Gasteiger charge is 2.26. The Balaban J connectivity index is 1.60. The van der Waals surface area contributed by atoms with Gasteiger partial charge in [0.2, 0.25) is 0 Å². The van der Waals surface area contributed by atoms with E-state index in [1.54, 1.807) is 11.3 Å². The maximum Gasteiger partial charge on any atom is 0.140 e. The predicted octanol–water partition coefficient (Wildman–Crippen LogP) is 4.21. The maximum atomic E-state index is 12.4. The zero-order valence-corrected chi connectivity index (χ0v) is 12.2. The first-order valence-corrected chi connectivity index (χ1v) is 7.99. The Morgan fingerprint density at radius 1 is 1.25 bits per heavy atom. The fourth-order valence-corrected chi connectivity index (χ4v) is 3.49. The quantitative estimate of drug-likeness (QED) is 0.823. The standard InChI is InChI=1S/C17H18O2S/c18-16(8-3-5-13-6-4-12-20-13)14-10-11-19-17-9-2-1-7-15(14)17/h1-2,4,6-7,9,12,14H,3,5,8,10-11H2.